The molecule has 1 fully saturated rings. The van der Waals surface area contributed by atoms with E-state index in [0.717, 1.165) is 12.1 Å². The summed E-state index contributed by atoms with van der Waals surface area (Å²) in [6, 6.07) is 6.24. The van der Waals surface area contributed by atoms with Gasteiger partial charge in [-0.15, -0.1) is 24.8 Å². The van der Waals surface area contributed by atoms with Crippen LogP contribution in [0.2, 0.25) is 0 Å². The number of nitrogens with two attached hydrogens (primary N) is 1. The maximum atomic E-state index is 5.74. The van der Waals surface area contributed by atoms with Crippen LogP contribution in [-0.2, 0) is 6.42 Å². The maximum Gasteiger partial charge on any atom is 0.0316 e. The summed E-state index contributed by atoms with van der Waals surface area (Å²) in [4.78, 5) is 2.55. The van der Waals surface area contributed by atoms with E-state index in [1.807, 2.05) is 6.07 Å². The van der Waals surface area contributed by atoms with Gasteiger partial charge in [0.15, 0.2) is 0 Å². The molecule has 3 nitrogen and oxygen atoms in total. The second kappa shape index (κ2) is 9.45. The summed E-state index contributed by atoms with van der Waals surface area (Å²) in [5.74, 6) is 0. The smallest absolute Gasteiger partial charge is 0.0316 e. The molecule has 18 heavy (non-hydrogen) atoms. The number of hydrogen-bond donors (Lipinski definition) is 2. The minimum Gasteiger partial charge on any atom is -0.399 e. The Labute approximate surface area is 123 Å². The van der Waals surface area contributed by atoms with E-state index in [1.54, 1.807) is 0 Å². The molecule has 1 saturated heterocycles. The van der Waals surface area contributed by atoms with Crippen LogP contribution in [0.1, 0.15) is 24.0 Å². The third-order valence-corrected chi connectivity index (χ3v) is 3.26. The van der Waals surface area contributed by atoms with Gasteiger partial charge in [0.25, 0.3) is 0 Å². The highest BCUT2D eigenvalue weighted by molar-refractivity contribution is 5.85. The molecule has 5 N–H and O–H groups in total. The van der Waals surface area contributed by atoms with E-state index in [1.165, 1.54) is 43.6 Å². The van der Waals surface area contributed by atoms with Crippen molar-refractivity contribution in [1.29, 1.82) is 0 Å². The zero-order valence-corrected chi connectivity index (χ0v) is 12.7. The van der Waals surface area contributed by atoms with Crippen LogP contribution >= 0.6 is 24.8 Å². The molecule has 0 atom stereocenters. The SMILES string of the molecule is Cc1cc(N)ccc1CCN1CCCC1.Cl.Cl.N. The van der Waals surface area contributed by atoms with E-state index in [2.05, 4.69) is 24.0 Å². The van der Waals surface area contributed by atoms with E-state index in [-0.39, 0.29) is 31.0 Å². The summed E-state index contributed by atoms with van der Waals surface area (Å²) in [5.41, 5.74) is 9.38. The van der Waals surface area contributed by atoms with Crippen LogP contribution in [0.4, 0.5) is 5.69 Å². The fourth-order valence-corrected chi connectivity index (χ4v) is 2.28. The Morgan fingerprint density at radius 3 is 2.33 bits per heavy atom. The van der Waals surface area contributed by atoms with Crippen molar-refractivity contribution >= 4 is 30.5 Å². The number of anilines is 1. The number of likely N-dealkylation sites (tertiary alicyclic amines) is 1. The Kier molecular flexibility index (Phi) is 10.4. The van der Waals surface area contributed by atoms with Gasteiger partial charge in [0, 0.05) is 12.2 Å². The highest BCUT2D eigenvalue weighted by Crippen LogP contribution is 2.15. The molecule has 2 rings (SSSR count). The normalized spacial score (nSPS) is 14.3. The Hall–Kier alpha value is -0.480. The number of aryl methyl sites for hydroxylation is 1. The van der Waals surface area contributed by atoms with Crippen LogP contribution in [0.3, 0.4) is 0 Å². The first kappa shape index (κ1) is 19.9. The first-order valence-electron chi connectivity index (χ1n) is 5.83. The van der Waals surface area contributed by atoms with Gasteiger partial charge >= 0.3 is 0 Å². The lowest BCUT2D eigenvalue weighted by Gasteiger charge is -2.15. The van der Waals surface area contributed by atoms with Crippen molar-refractivity contribution < 1.29 is 0 Å². The quantitative estimate of drug-likeness (QED) is 0.841. The molecule has 0 spiro atoms. The van der Waals surface area contributed by atoms with Gasteiger partial charge in [-0.3, -0.25) is 0 Å². The lowest BCUT2D eigenvalue weighted by Crippen LogP contribution is -2.22. The second-order valence-electron chi connectivity index (χ2n) is 4.48. The van der Waals surface area contributed by atoms with Gasteiger partial charge in [0.1, 0.15) is 0 Å². The molecule has 0 amide bonds. The van der Waals surface area contributed by atoms with Crippen molar-refractivity contribution in [3.63, 3.8) is 0 Å². The summed E-state index contributed by atoms with van der Waals surface area (Å²) in [6.07, 6.45) is 3.91. The third-order valence-electron chi connectivity index (χ3n) is 3.26. The molecule has 106 valence electrons. The van der Waals surface area contributed by atoms with Gasteiger partial charge in [-0.05, 0) is 62.5 Å². The van der Waals surface area contributed by atoms with E-state index < -0.39 is 0 Å². The van der Waals surface area contributed by atoms with Crippen LogP contribution in [0, 0.1) is 6.92 Å². The number of halogens is 2. The number of hydrogen-bond acceptors (Lipinski definition) is 3. The number of nitrogen functional groups attached to an aromatic ring is 1. The minimum absolute atomic E-state index is 0. The highest BCUT2D eigenvalue weighted by atomic mass is 35.5. The largest absolute Gasteiger partial charge is 0.399 e. The van der Waals surface area contributed by atoms with E-state index in [9.17, 15) is 0 Å². The monoisotopic (exact) mass is 293 g/mol. The zero-order valence-electron chi connectivity index (χ0n) is 11.0. The zero-order chi connectivity index (χ0) is 10.7. The molecule has 1 aliphatic heterocycles. The molecule has 0 unspecified atom stereocenters. The van der Waals surface area contributed by atoms with Crippen LogP contribution in [0.25, 0.3) is 0 Å². The molecular weight excluding hydrogens is 269 g/mol. The van der Waals surface area contributed by atoms with Crippen molar-refractivity contribution in [3.05, 3.63) is 29.3 Å². The molecule has 0 aromatic heterocycles. The van der Waals surface area contributed by atoms with E-state index in [4.69, 9.17) is 5.73 Å². The fourth-order valence-electron chi connectivity index (χ4n) is 2.28. The van der Waals surface area contributed by atoms with Gasteiger partial charge in [-0.2, -0.15) is 0 Å². The Balaban J connectivity index is 0. The molecule has 0 radical (unpaired) electrons. The second-order valence-corrected chi connectivity index (χ2v) is 4.48. The lowest BCUT2D eigenvalue weighted by molar-refractivity contribution is 0.343. The highest BCUT2D eigenvalue weighted by Gasteiger charge is 2.11. The molecular formula is C13H25Cl2N3. The number of benzene rings is 1. The van der Waals surface area contributed by atoms with Crippen LogP contribution in [0.15, 0.2) is 18.2 Å². The Morgan fingerprint density at radius 2 is 1.78 bits per heavy atom. The summed E-state index contributed by atoms with van der Waals surface area (Å²) in [7, 11) is 0. The predicted molar refractivity (Wildman–Crippen MR) is 84.5 cm³/mol. The van der Waals surface area contributed by atoms with E-state index >= 15 is 0 Å². The molecule has 0 saturated carbocycles. The topological polar surface area (TPSA) is 64.3 Å². The Morgan fingerprint density at radius 1 is 1.17 bits per heavy atom. The molecule has 1 heterocycles. The minimum atomic E-state index is 0. The molecule has 1 aliphatic rings. The average molecular weight is 294 g/mol. The van der Waals surface area contributed by atoms with E-state index in [0.29, 0.717) is 0 Å². The summed E-state index contributed by atoms with van der Waals surface area (Å²) < 4.78 is 0. The van der Waals surface area contributed by atoms with Crippen LogP contribution in [0.5, 0.6) is 0 Å². The predicted octanol–water partition coefficient (Wildman–Crippen LogP) is 3.22. The van der Waals surface area contributed by atoms with Gasteiger partial charge in [0.05, 0.1) is 0 Å². The average Bonchev–Trinajstić information content (AvgIpc) is 2.69. The van der Waals surface area contributed by atoms with Gasteiger partial charge in [-0.1, -0.05) is 6.07 Å². The number of rotatable bonds is 3. The van der Waals surface area contributed by atoms with Crippen LogP contribution < -0.4 is 11.9 Å². The first-order valence-corrected chi connectivity index (χ1v) is 5.83. The van der Waals surface area contributed by atoms with Crippen molar-refractivity contribution in [1.82, 2.24) is 11.1 Å². The van der Waals surface area contributed by atoms with Crippen molar-refractivity contribution in [2.75, 3.05) is 25.4 Å². The fraction of sp³-hybridized carbons (Fsp3) is 0.538. The first-order chi connectivity index (χ1) is 7.25. The van der Waals surface area contributed by atoms with Crippen molar-refractivity contribution in [2.45, 2.75) is 26.2 Å². The number of nitrogens with zero attached hydrogens (tertiary/aromatic N) is 1. The standard InChI is InChI=1S/C13H20N2.2ClH.H3N/c1-11-10-13(14)5-4-12(11)6-9-15-7-2-3-8-15;;;/h4-5,10H,2-3,6-9,14H2,1H3;2*1H;1H3. The molecule has 1 aromatic carbocycles. The molecule has 1 aromatic rings. The summed E-state index contributed by atoms with van der Waals surface area (Å²) >= 11 is 0. The van der Waals surface area contributed by atoms with Crippen LogP contribution in [-0.4, -0.2) is 24.5 Å². The third kappa shape index (κ3) is 5.44. The maximum absolute atomic E-state index is 5.74. The summed E-state index contributed by atoms with van der Waals surface area (Å²) in [5, 5.41) is 0. The van der Waals surface area contributed by atoms with Crippen molar-refractivity contribution in [3.8, 4) is 0 Å². The van der Waals surface area contributed by atoms with Gasteiger partial charge in [-0.25, -0.2) is 0 Å². The molecule has 0 aliphatic carbocycles. The summed E-state index contributed by atoms with van der Waals surface area (Å²) in [6.45, 7) is 5.92. The van der Waals surface area contributed by atoms with Crippen molar-refractivity contribution in [2.24, 2.45) is 0 Å². The molecule has 0 bridgehead atoms. The lowest BCUT2D eigenvalue weighted by atomic mass is 10.0. The van der Waals surface area contributed by atoms with Gasteiger partial charge < -0.3 is 16.8 Å². The molecule has 5 heteroatoms. The Bertz CT molecular complexity index is 339. The van der Waals surface area contributed by atoms with Gasteiger partial charge in [0.2, 0.25) is 0 Å².